The van der Waals surface area contributed by atoms with E-state index < -0.39 is 0 Å². The lowest BCUT2D eigenvalue weighted by Gasteiger charge is -2.21. The summed E-state index contributed by atoms with van der Waals surface area (Å²) in [6, 6.07) is 0. The highest BCUT2D eigenvalue weighted by molar-refractivity contribution is 5.77. The van der Waals surface area contributed by atoms with Crippen molar-refractivity contribution in [3.8, 4) is 0 Å². The maximum Gasteiger partial charge on any atom is 0.231 e. The third-order valence-corrected chi connectivity index (χ3v) is 2.91. The Kier molecular flexibility index (Phi) is 5.93. The molecule has 0 aromatic carbocycles. The highest BCUT2D eigenvalue weighted by Crippen LogP contribution is 2.04. The lowest BCUT2D eigenvalue weighted by atomic mass is 10.3. The van der Waals surface area contributed by atoms with Crippen molar-refractivity contribution in [1.29, 1.82) is 0 Å². The molecular formula is C11H22N4O2. The summed E-state index contributed by atoms with van der Waals surface area (Å²) in [4.78, 5) is 26.5. The predicted molar refractivity (Wildman–Crippen MR) is 65.4 cm³/mol. The van der Waals surface area contributed by atoms with Crippen LogP contribution in [0.5, 0.6) is 0 Å². The highest BCUT2D eigenvalue weighted by atomic mass is 16.2. The number of carbonyl (C=O) groups excluding carboxylic acids is 2. The van der Waals surface area contributed by atoms with E-state index in [-0.39, 0.29) is 11.8 Å². The van der Waals surface area contributed by atoms with Crippen LogP contribution < -0.4 is 11.1 Å². The summed E-state index contributed by atoms with van der Waals surface area (Å²) < 4.78 is 0. The maximum atomic E-state index is 11.8. The van der Waals surface area contributed by atoms with Gasteiger partial charge in [-0.3, -0.25) is 14.5 Å². The van der Waals surface area contributed by atoms with Crippen molar-refractivity contribution < 1.29 is 9.59 Å². The van der Waals surface area contributed by atoms with Gasteiger partial charge in [0.1, 0.15) is 0 Å². The van der Waals surface area contributed by atoms with Gasteiger partial charge in [-0.2, -0.15) is 0 Å². The predicted octanol–water partition coefficient (Wildman–Crippen LogP) is -1.38. The van der Waals surface area contributed by atoms with Crippen LogP contribution in [0.4, 0.5) is 0 Å². The molecule has 98 valence electrons. The molecule has 0 radical (unpaired) electrons. The van der Waals surface area contributed by atoms with Crippen molar-refractivity contribution in [2.45, 2.75) is 12.8 Å². The average Bonchev–Trinajstić information content (AvgIpc) is 2.51. The number of amides is 2. The monoisotopic (exact) mass is 242 g/mol. The van der Waals surface area contributed by atoms with E-state index in [2.05, 4.69) is 5.32 Å². The Morgan fingerprint density at radius 2 is 2.00 bits per heavy atom. The van der Waals surface area contributed by atoms with Crippen LogP contribution in [-0.4, -0.2) is 67.9 Å². The van der Waals surface area contributed by atoms with E-state index in [0.29, 0.717) is 26.1 Å². The molecule has 0 spiro atoms. The molecular weight excluding hydrogens is 220 g/mol. The molecule has 0 saturated carbocycles. The molecule has 0 atom stereocenters. The van der Waals surface area contributed by atoms with Crippen LogP contribution >= 0.6 is 0 Å². The van der Waals surface area contributed by atoms with Crippen LogP contribution in [0.25, 0.3) is 0 Å². The van der Waals surface area contributed by atoms with E-state index in [0.717, 1.165) is 26.1 Å². The van der Waals surface area contributed by atoms with E-state index in [1.807, 2.05) is 16.8 Å². The van der Waals surface area contributed by atoms with Gasteiger partial charge in [0.25, 0.3) is 0 Å². The smallest absolute Gasteiger partial charge is 0.231 e. The summed E-state index contributed by atoms with van der Waals surface area (Å²) in [6.45, 7) is 4.03. The third-order valence-electron chi connectivity index (χ3n) is 2.91. The van der Waals surface area contributed by atoms with Crippen LogP contribution in [0.2, 0.25) is 0 Å². The Balaban J connectivity index is 2.36. The van der Waals surface area contributed by atoms with Crippen LogP contribution in [0.1, 0.15) is 12.8 Å². The van der Waals surface area contributed by atoms with Crippen LogP contribution in [-0.2, 0) is 9.59 Å². The molecule has 6 nitrogen and oxygen atoms in total. The Bertz CT molecular complexity index is 270. The van der Waals surface area contributed by atoms with Gasteiger partial charge in [0.05, 0.1) is 6.54 Å². The van der Waals surface area contributed by atoms with Gasteiger partial charge in [0.15, 0.2) is 0 Å². The number of hydrogen-bond acceptors (Lipinski definition) is 4. The molecule has 3 N–H and O–H groups in total. The summed E-state index contributed by atoms with van der Waals surface area (Å²) >= 11 is 0. The lowest BCUT2D eigenvalue weighted by Crippen LogP contribution is -2.38. The molecule has 1 aliphatic rings. The zero-order chi connectivity index (χ0) is 12.7. The molecule has 0 unspecified atom stereocenters. The molecule has 17 heavy (non-hydrogen) atoms. The van der Waals surface area contributed by atoms with Crippen LogP contribution in [0.3, 0.4) is 0 Å². The molecule has 1 saturated heterocycles. The first-order valence-corrected chi connectivity index (χ1v) is 6.06. The van der Waals surface area contributed by atoms with Crippen molar-refractivity contribution in [3.05, 3.63) is 0 Å². The molecule has 0 aromatic heterocycles. The average molecular weight is 242 g/mol. The number of nitrogens with two attached hydrogens (primary N) is 1. The molecule has 1 rings (SSSR count). The Morgan fingerprint density at radius 3 is 2.65 bits per heavy atom. The van der Waals surface area contributed by atoms with Crippen molar-refractivity contribution in [3.63, 3.8) is 0 Å². The molecule has 1 fully saturated rings. The zero-order valence-corrected chi connectivity index (χ0v) is 10.4. The number of carbonyl (C=O) groups is 2. The number of hydrogen-bond donors (Lipinski definition) is 2. The highest BCUT2D eigenvalue weighted by Gasteiger charge is 2.19. The van der Waals surface area contributed by atoms with Gasteiger partial charge in [-0.25, -0.2) is 0 Å². The topological polar surface area (TPSA) is 78.7 Å². The first-order valence-electron chi connectivity index (χ1n) is 6.06. The Morgan fingerprint density at radius 1 is 1.24 bits per heavy atom. The summed E-state index contributed by atoms with van der Waals surface area (Å²) in [6.07, 6.45) is 1.44. The fourth-order valence-electron chi connectivity index (χ4n) is 1.99. The summed E-state index contributed by atoms with van der Waals surface area (Å²) in [5, 5.41) is 2.97. The second kappa shape index (κ2) is 7.24. The Labute approximate surface area is 102 Å². The minimum atomic E-state index is -0.306. The lowest BCUT2D eigenvalue weighted by molar-refractivity contribution is -0.130. The van der Waals surface area contributed by atoms with Gasteiger partial charge in [0.2, 0.25) is 11.8 Å². The first-order chi connectivity index (χ1) is 8.13. The van der Waals surface area contributed by atoms with Gasteiger partial charge in [-0.05, 0) is 13.5 Å². The molecule has 1 aliphatic heterocycles. The number of rotatable bonds is 5. The van der Waals surface area contributed by atoms with E-state index >= 15 is 0 Å². The largest absolute Gasteiger partial charge is 0.369 e. The SMILES string of the molecule is CNCCC(=O)N1CCCN(CC(N)=O)CC1. The normalized spacial score (nSPS) is 17.8. The Hall–Kier alpha value is -1.14. The molecule has 1 heterocycles. The van der Waals surface area contributed by atoms with Crippen molar-refractivity contribution >= 4 is 11.8 Å². The fourth-order valence-corrected chi connectivity index (χ4v) is 1.99. The third kappa shape index (κ3) is 5.14. The van der Waals surface area contributed by atoms with Crippen LogP contribution in [0, 0.1) is 0 Å². The summed E-state index contributed by atoms with van der Waals surface area (Å²) in [7, 11) is 1.84. The van der Waals surface area contributed by atoms with Gasteiger partial charge in [0, 0.05) is 39.1 Å². The minimum absolute atomic E-state index is 0.181. The van der Waals surface area contributed by atoms with Crippen LogP contribution in [0.15, 0.2) is 0 Å². The minimum Gasteiger partial charge on any atom is -0.369 e. The van der Waals surface area contributed by atoms with E-state index in [9.17, 15) is 9.59 Å². The van der Waals surface area contributed by atoms with Gasteiger partial charge in [-0.15, -0.1) is 0 Å². The van der Waals surface area contributed by atoms with E-state index in [1.54, 1.807) is 0 Å². The van der Waals surface area contributed by atoms with Crippen molar-refractivity contribution in [1.82, 2.24) is 15.1 Å². The maximum absolute atomic E-state index is 11.8. The molecule has 0 bridgehead atoms. The molecule has 2 amide bonds. The molecule has 0 aromatic rings. The standard InChI is InChI=1S/C11H22N4O2/c1-13-4-3-11(17)15-6-2-5-14(7-8-15)9-10(12)16/h13H,2-9H2,1H3,(H2,12,16). The number of nitrogens with one attached hydrogen (secondary N) is 1. The van der Waals surface area contributed by atoms with Crippen molar-refractivity contribution in [2.75, 3.05) is 46.3 Å². The number of primary amides is 1. The molecule has 6 heteroatoms. The second-order valence-corrected chi connectivity index (χ2v) is 4.33. The molecule has 0 aliphatic carbocycles. The van der Waals surface area contributed by atoms with Gasteiger partial charge in [-0.1, -0.05) is 0 Å². The fraction of sp³-hybridized carbons (Fsp3) is 0.818. The van der Waals surface area contributed by atoms with E-state index in [1.165, 1.54) is 0 Å². The quantitative estimate of drug-likeness (QED) is 0.622. The van der Waals surface area contributed by atoms with Gasteiger partial charge >= 0.3 is 0 Å². The van der Waals surface area contributed by atoms with Crippen molar-refractivity contribution in [2.24, 2.45) is 5.73 Å². The van der Waals surface area contributed by atoms with E-state index in [4.69, 9.17) is 5.73 Å². The number of nitrogens with zero attached hydrogens (tertiary/aromatic N) is 2. The second-order valence-electron chi connectivity index (χ2n) is 4.33. The zero-order valence-electron chi connectivity index (χ0n) is 10.4. The van der Waals surface area contributed by atoms with Gasteiger partial charge < -0.3 is 16.0 Å². The first kappa shape index (κ1) is 13.9. The summed E-state index contributed by atoms with van der Waals surface area (Å²) in [5.41, 5.74) is 5.17. The summed E-state index contributed by atoms with van der Waals surface area (Å²) in [5.74, 6) is -0.125.